The van der Waals surface area contributed by atoms with E-state index in [-0.39, 0.29) is 30.5 Å². The second kappa shape index (κ2) is 9.24. The Morgan fingerprint density at radius 3 is 2.45 bits per heavy atom. The first kappa shape index (κ1) is 22.2. The number of hydrogen-bond donors (Lipinski definition) is 2. The number of benzene rings is 3. The van der Waals surface area contributed by atoms with E-state index in [1.807, 2.05) is 25.1 Å². The van der Waals surface area contributed by atoms with Crippen LogP contribution in [0.4, 0.5) is 21.5 Å². The summed E-state index contributed by atoms with van der Waals surface area (Å²) in [5.41, 5.74) is 3.48. The van der Waals surface area contributed by atoms with Crippen LogP contribution in [-0.4, -0.2) is 24.3 Å². The van der Waals surface area contributed by atoms with Gasteiger partial charge in [0.05, 0.1) is 11.6 Å². The quantitative estimate of drug-likeness (QED) is 0.598. The first-order valence-electron chi connectivity index (χ1n) is 10.7. The summed E-state index contributed by atoms with van der Waals surface area (Å²) in [4.78, 5) is 39.5. The van der Waals surface area contributed by atoms with Crippen molar-refractivity contribution in [2.24, 2.45) is 5.92 Å². The third kappa shape index (κ3) is 5.09. The summed E-state index contributed by atoms with van der Waals surface area (Å²) in [6.07, 6.45) is 0.0129. The summed E-state index contributed by atoms with van der Waals surface area (Å²) in [6.45, 7) is 3.85. The first-order chi connectivity index (χ1) is 15.8. The fraction of sp³-hybridized carbons (Fsp3) is 0.192. The summed E-state index contributed by atoms with van der Waals surface area (Å²) in [7, 11) is 0. The highest BCUT2D eigenvalue weighted by atomic mass is 19.1. The maximum Gasteiger partial charge on any atom is 0.255 e. The van der Waals surface area contributed by atoms with Gasteiger partial charge >= 0.3 is 0 Å². The lowest BCUT2D eigenvalue weighted by atomic mass is 10.1. The molecule has 6 nitrogen and oxygen atoms in total. The molecule has 33 heavy (non-hydrogen) atoms. The van der Waals surface area contributed by atoms with Gasteiger partial charge in [-0.1, -0.05) is 24.3 Å². The summed E-state index contributed by atoms with van der Waals surface area (Å²) >= 11 is 0. The molecule has 1 unspecified atom stereocenters. The summed E-state index contributed by atoms with van der Waals surface area (Å²) in [5.74, 6) is -2.07. The third-order valence-electron chi connectivity index (χ3n) is 5.57. The van der Waals surface area contributed by atoms with Crippen molar-refractivity contribution in [2.45, 2.75) is 20.3 Å². The minimum absolute atomic E-state index is 0.0129. The minimum atomic E-state index is -0.622. The topological polar surface area (TPSA) is 78.5 Å². The van der Waals surface area contributed by atoms with E-state index in [1.54, 1.807) is 43.3 Å². The van der Waals surface area contributed by atoms with Crippen molar-refractivity contribution in [1.82, 2.24) is 0 Å². The molecular formula is C26H24FN3O3. The molecule has 3 aromatic carbocycles. The van der Waals surface area contributed by atoms with Crippen molar-refractivity contribution in [3.05, 3.63) is 89.2 Å². The number of rotatable bonds is 5. The smallest absolute Gasteiger partial charge is 0.255 e. The fourth-order valence-corrected chi connectivity index (χ4v) is 3.83. The average Bonchev–Trinajstić information content (AvgIpc) is 3.17. The number of hydrogen-bond acceptors (Lipinski definition) is 3. The number of amides is 3. The van der Waals surface area contributed by atoms with Crippen molar-refractivity contribution in [1.29, 1.82) is 0 Å². The predicted molar refractivity (Wildman–Crippen MR) is 126 cm³/mol. The number of nitrogens with one attached hydrogen (secondary N) is 2. The van der Waals surface area contributed by atoms with Gasteiger partial charge < -0.3 is 15.5 Å². The largest absolute Gasteiger partial charge is 0.323 e. The van der Waals surface area contributed by atoms with Crippen molar-refractivity contribution in [2.75, 3.05) is 22.1 Å². The molecule has 1 atom stereocenters. The molecule has 1 fully saturated rings. The van der Waals surface area contributed by atoms with Gasteiger partial charge in [-0.2, -0.15) is 0 Å². The maximum atomic E-state index is 14.1. The lowest BCUT2D eigenvalue weighted by Gasteiger charge is -2.18. The molecule has 2 N–H and O–H groups in total. The van der Waals surface area contributed by atoms with Crippen molar-refractivity contribution < 1.29 is 18.8 Å². The number of anilines is 3. The zero-order valence-corrected chi connectivity index (χ0v) is 18.4. The van der Waals surface area contributed by atoms with Crippen LogP contribution in [0.25, 0.3) is 0 Å². The van der Waals surface area contributed by atoms with Gasteiger partial charge in [0.1, 0.15) is 5.82 Å². The van der Waals surface area contributed by atoms with Gasteiger partial charge in [-0.05, 0) is 67.4 Å². The summed E-state index contributed by atoms with van der Waals surface area (Å²) < 4.78 is 14.1. The van der Waals surface area contributed by atoms with Crippen molar-refractivity contribution in [3.8, 4) is 0 Å². The standard InChI is InChI=1S/C26H24FN3O3/c1-16-5-3-7-20(11-16)28-25(32)18-6-4-8-21(13-18)30-15-19(14-24(30)31)26(33)29-23-10-9-17(2)12-22(23)27/h3-13,19H,14-15H2,1-2H3,(H,28,32)(H,29,33). The molecule has 1 heterocycles. The van der Waals surface area contributed by atoms with Crippen LogP contribution < -0.4 is 15.5 Å². The van der Waals surface area contributed by atoms with Crippen LogP contribution in [0.1, 0.15) is 27.9 Å². The van der Waals surface area contributed by atoms with Crippen LogP contribution in [0.5, 0.6) is 0 Å². The van der Waals surface area contributed by atoms with Crippen molar-refractivity contribution >= 4 is 34.8 Å². The average molecular weight is 445 g/mol. The maximum absolute atomic E-state index is 14.1. The molecule has 3 amide bonds. The molecule has 168 valence electrons. The fourth-order valence-electron chi connectivity index (χ4n) is 3.83. The zero-order chi connectivity index (χ0) is 23.5. The van der Waals surface area contributed by atoms with E-state index in [4.69, 9.17) is 0 Å². The van der Waals surface area contributed by atoms with Gasteiger partial charge in [0.25, 0.3) is 5.91 Å². The highest BCUT2D eigenvalue weighted by Crippen LogP contribution is 2.27. The Balaban J connectivity index is 1.45. The molecule has 3 aromatic rings. The van der Waals surface area contributed by atoms with E-state index in [2.05, 4.69) is 10.6 Å². The Labute approximate surface area is 191 Å². The van der Waals surface area contributed by atoms with E-state index in [0.717, 1.165) is 11.1 Å². The van der Waals surface area contributed by atoms with E-state index in [9.17, 15) is 18.8 Å². The van der Waals surface area contributed by atoms with Crippen LogP contribution in [0.2, 0.25) is 0 Å². The van der Waals surface area contributed by atoms with Crippen molar-refractivity contribution in [3.63, 3.8) is 0 Å². The van der Waals surface area contributed by atoms with E-state index in [1.165, 1.54) is 17.0 Å². The molecule has 1 aliphatic heterocycles. The van der Waals surface area contributed by atoms with Gasteiger partial charge in [0.2, 0.25) is 11.8 Å². The molecular weight excluding hydrogens is 421 g/mol. The van der Waals surface area contributed by atoms with E-state index >= 15 is 0 Å². The first-order valence-corrected chi connectivity index (χ1v) is 10.7. The highest BCUT2D eigenvalue weighted by Gasteiger charge is 2.35. The van der Waals surface area contributed by atoms with Crippen LogP contribution in [0, 0.1) is 25.6 Å². The Hall–Kier alpha value is -4.00. The zero-order valence-electron chi connectivity index (χ0n) is 18.4. The normalized spacial score (nSPS) is 15.4. The third-order valence-corrected chi connectivity index (χ3v) is 5.57. The van der Waals surface area contributed by atoms with Crippen LogP contribution >= 0.6 is 0 Å². The molecule has 0 spiro atoms. The Kier molecular flexibility index (Phi) is 6.22. The monoisotopic (exact) mass is 445 g/mol. The molecule has 1 saturated heterocycles. The van der Waals surface area contributed by atoms with Gasteiger partial charge in [0, 0.05) is 29.9 Å². The SMILES string of the molecule is Cc1cccc(NC(=O)c2cccc(N3CC(C(=O)Nc4ccc(C)cc4F)CC3=O)c2)c1. The molecule has 0 aromatic heterocycles. The Morgan fingerprint density at radius 2 is 1.70 bits per heavy atom. The highest BCUT2D eigenvalue weighted by molar-refractivity contribution is 6.07. The van der Waals surface area contributed by atoms with E-state index < -0.39 is 17.6 Å². The van der Waals surface area contributed by atoms with Gasteiger partial charge in [-0.15, -0.1) is 0 Å². The number of carbonyl (C=O) groups is 3. The second-order valence-electron chi connectivity index (χ2n) is 8.25. The lowest BCUT2D eigenvalue weighted by molar-refractivity contribution is -0.122. The number of aryl methyl sites for hydroxylation is 2. The number of carbonyl (C=O) groups excluding carboxylic acids is 3. The molecule has 0 radical (unpaired) electrons. The molecule has 0 bridgehead atoms. The molecule has 7 heteroatoms. The predicted octanol–water partition coefficient (Wildman–Crippen LogP) is 4.69. The van der Waals surface area contributed by atoms with Gasteiger partial charge in [0.15, 0.2) is 0 Å². The molecule has 0 saturated carbocycles. The molecule has 4 rings (SSSR count). The molecule has 0 aliphatic carbocycles. The molecule has 1 aliphatic rings. The van der Waals surface area contributed by atoms with E-state index in [0.29, 0.717) is 16.9 Å². The summed E-state index contributed by atoms with van der Waals surface area (Å²) in [5, 5.41) is 5.43. The van der Waals surface area contributed by atoms with Crippen LogP contribution in [0.15, 0.2) is 66.7 Å². The number of halogens is 1. The minimum Gasteiger partial charge on any atom is -0.323 e. The Bertz CT molecular complexity index is 1240. The number of nitrogens with zero attached hydrogens (tertiary/aromatic N) is 1. The van der Waals surface area contributed by atoms with Gasteiger partial charge in [-0.25, -0.2) is 4.39 Å². The van der Waals surface area contributed by atoms with Crippen LogP contribution in [0.3, 0.4) is 0 Å². The Morgan fingerprint density at radius 1 is 0.939 bits per heavy atom. The van der Waals surface area contributed by atoms with Gasteiger partial charge in [-0.3, -0.25) is 14.4 Å². The lowest BCUT2D eigenvalue weighted by Crippen LogP contribution is -2.28. The summed E-state index contributed by atoms with van der Waals surface area (Å²) in [6, 6.07) is 18.7. The van der Waals surface area contributed by atoms with Crippen LogP contribution in [-0.2, 0) is 9.59 Å². The second-order valence-corrected chi connectivity index (χ2v) is 8.25.